The van der Waals surface area contributed by atoms with Crippen molar-refractivity contribution in [3.05, 3.63) is 11.1 Å². The van der Waals surface area contributed by atoms with Gasteiger partial charge in [-0.3, -0.25) is 0 Å². The molecular formula is C12H22O2. The van der Waals surface area contributed by atoms with Gasteiger partial charge in [0.05, 0.1) is 0 Å². The zero-order valence-corrected chi connectivity index (χ0v) is 9.76. The molecule has 0 spiro atoms. The molecule has 0 saturated carbocycles. The van der Waals surface area contributed by atoms with Gasteiger partial charge in [0.15, 0.2) is 0 Å². The van der Waals surface area contributed by atoms with Crippen LogP contribution in [0.25, 0.3) is 0 Å². The van der Waals surface area contributed by atoms with Crippen molar-refractivity contribution in [1.29, 1.82) is 0 Å². The number of carboxylic acid groups (broad SMARTS) is 1. The average molecular weight is 198 g/mol. The molecule has 0 amide bonds. The SMILES string of the molecule is CCCCC(CC)C(C)=C(C)C(=O)O. The number of aliphatic carboxylic acids is 1. The first-order valence-corrected chi connectivity index (χ1v) is 5.45. The van der Waals surface area contributed by atoms with Crippen molar-refractivity contribution >= 4 is 5.97 Å². The molecule has 0 fully saturated rings. The van der Waals surface area contributed by atoms with E-state index in [1.807, 2.05) is 6.92 Å². The molecule has 2 heteroatoms. The van der Waals surface area contributed by atoms with Gasteiger partial charge < -0.3 is 5.11 Å². The monoisotopic (exact) mass is 198 g/mol. The number of allylic oxidation sites excluding steroid dienone is 1. The Morgan fingerprint density at radius 2 is 1.86 bits per heavy atom. The van der Waals surface area contributed by atoms with Gasteiger partial charge in [0.1, 0.15) is 0 Å². The fourth-order valence-corrected chi connectivity index (χ4v) is 1.65. The van der Waals surface area contributed by atoms with E-state index < -0.39 is 5.97 Å². The summed E-state index contributed by atoms with van der Waals surface area (Å²) in [5.41, 5.74) is 1.57. The molecule has 0 saturated heterocycles. The summed E-state index contributed by atoms with van der Waals surface area (Å²) in [4.78, 5) is 10.8. The molecule has 82 valence electrons. The van der Waals surface area contributed by atoms with Gasteiger partial charge in [-0.2, -0.15) is 0 Å². The highest BCUT2D eigenvalue weighted by molar-refractivity contribution is 5.86. The number of unbranched alkanes of at least 4 members (excludes halogenated alkanes) is 1. The second-order valence-corrected chi connectivity index (χ2v) is 3.86. The lowest BCUT2D eigenvalue weighted by atomic mass is 9.89. The maximum absolute atomic E-state index is 10.8. The lowest BCUT2D eigenvalue weighted by Crippen LogP contribution is -2.07. The molecule has 0 aromatic heterocycles. The van der Waals surface area contributed by atoms with Gasteiger partial charge in [-0.25, -0.2) is 4.79 Å². The molecule has 0 heterocycles. The van der Waals surface area contributed by atoms with Crippen LogP contribution in [0.4, 0.5) is 0 Å². The van der Waals surface area contributed by atoms with Crippen LogP contribution in [-0.4, -0.2) is 11.1 Å². The normalized spacial score (nSPS) is 14.9. The summed E-state index contributed by atoms with van der Waals surface area (Å²) in [7, 11) is 0. The van der Waals surface area contributed by atoms with Crippen molar-refractivity contribution in [2.75, 3.05) is 0 Å². The molecule has 0 aromatic carbocycles. The summed E-state index contributed by atoms with van der Waals surface area (Å²) in [6.45, 7) is 7.94. The van der Waals surface area contributed by atoms with E-state index in [4.69, 9.17) is 5.11 Å². The average Bonchev–Trinajstić information content (AvgIpc) is 2.17. The van der Waals surface area contributed by atoms with E-state index in [9.17, 15) is 4.79 Å². The summed E-state index contributed by atoms with van der Waals surface area (Å²) in [6, 6.07) is 0. The van der Waals surface area contributed by atoms with Crippen molar-refractivity contribution in [2.45, 2.75) is 53.4 Å². The highest BCUT2D eigenvalue weighted by Gasteiger charge is 2.13. The number of hydrogen-bond acceptors (Lipinski definition) is 1. The van der Waals surface area contributed by atoms with Crippen LogP contribution in [0, 0.1) is 5.92 Å². The smallest absolute Gasteiger partial charge is 0.331 e. The van der Waals surface area contributed by atoms with Crippen LogP contribution in [0.1, 0.15) is 53.4 Å². The van der Waals surface area contributed by atoms with Gasteiger partial charge in [-0.1, -0.05) is 32.3 Å². The molecule has 0 aliphatic heterocycles. The van der Waals surface area contributed by atoms with E-state index in [0.717, 1.165) is 18.4 Å². The van der Waals surface area contributed by atoms with E-state index in [2.05, 4.69) is 13.8 Å². The maximum atomic E-state index is 10.8. The van der Waals surface area contributed by atoms with Crippen molar-refractivity contribution in [3.63, 3.8) is 0 Å². The molecule has 2 nitrogen and oxygen atoms in total. The van der Waals surface area contributed by atoms with Gasteiger partial charge in [0, 0.05) is 5.57 Å². The standard InChI is InChI=1S/C12H22O2/c1-5-7-8-11(6-2)9(3)10(4)12(13)14/h11H,5-8H2,1-4H3,(H,13,14). The van der Waals surface area contributed by atoms with Crippen LogP contribution < -0.4 is 0 Å². The molecule has 0 aliphatic carbocycles. The molecule has 1 atom stereocenters. The molecule has 0 radical (unpaired) electrons. The zero-order chi connectivity index (χ0) is 11.1. The minimum atomic E-state index is -0.780. The summed E-state index contributed by atoms with van der Waals surface area (Å²) in [6.07, 6.45) is 4.51. The highest BCUT2D eigenvalue weighted by Crippen LogP contribution is 2.23. The van der Waals surface area contributed by atoms with Crippen molar-refractivity contribution in [2.24, 2.45) is 5.92 Å². The van der Waals surface area contributed by atoms with Crippen LogP contribution in [0.3, 0.4) is 0 Å². The van der Waals surface area contributed by atoms with Crippen LogP contribution in [0.5, 0.6) is 0 Å². The van der Waals surface area contributed by atoms with Crippen LogP contribution in [0.15, 0.2) is 11.1 Å². The first kappa shape index (κ1) is 13.2. The minimum absolute atomic E-state index is 0.450. The molecule has 0 aliphatic rings. The molecule has 14 heavy (non-hydrogen) atoms. The number of carboxylic acids is 1. The fourth-order valence-electron chi connectivity index (χ4n) is 1.65. The number of carbonyl (C=O) groups is 1. The predicted molar refractivity (Wildman–Crippen MR) is 59.3 cm³/mol. The fraction of sp³-hybridized carbons (Fsp3) is 0.750. The van der Waals surface area contributed by atoms with Crippen molar-refractivity contribution < 1.29 is 9.90 Å². The van der Waals surface area contributed by atoms with E-state index >= 15 is 0 Å². The molecule has 1 unspecified atom stereocenters. The molecule has 0 rings (SSSR count). The quantitative estimate of drug-likeness (QED) is 0.662. The Bertz CT molecular complexity index is 216. The third kappa shape index (κ3) is 3.95. The van der Waals surface area contributed by atoms with Gasteiger partial charge >= 0.3 is 5.97 Å². The van der Waals surface area contributed by atoms with Crippen LogP contribution in [-0.2, 0) is 4.79 Å². The first-order valence-electron chi connectivity index (χ1n) is 5.45. The Kier molecular flexibility index (Phi) is 6.26. The summed E-state index contributed by atoms with van der Waals surface area (Å²) in [5, 5.41) is 8.86. The number of hydrogen-bond donors (Lipinski definition) is 1. The third-order valence-corrected chi connectivity index (χ3v) is 2.92. The molecular weight excluding hydrogens is 176 g/mol. The highest BCUT2D eigenvalue weighted by atomic mass is 16.4. The predicted octanol–water partition coefficient (Wildman–Crippen LogP) is 3.62. The number of rotatable bonds is 6. The van der Waals surface area contributed by atoms with E-state index in [1.165, 1.54) is 12.8 Å². The van der Waals surface area contributed by atoms with E-state index in [1.54, 1.807) is 6.92 Å². The second kappa shape index (κ2) is 6.63. The Hall–Kier alpha value is -0.790. The third-order valence-electron chi connectivity index (χ3n) is 2.92. The zero-order valence-electron chi connectivity index (χ0n) is 9.76. The van der Waals surface area contributed by atoms with Crippen molar-refractivity contribution in [3.8, 4) is 0 Å². The van der Waals surface area contributed by atoms with Crippen LogP contribution >= 0.6 is 0 Å². The Balaban J connectivity index is 4.51. The van der Waals surface area contributed by atoms with Crippen LogP contribution in [0.2, 0.25) is 0 Å². The Morgan fingerprint density at radius 1 is 1.29 bits per heavy atom. The largest absolute Gasteiger partial charge is 0.478 e. The summed E-state index contributed by atoms with van der Waals surface area (Å²) in [5.74, 6) is -0.330. The topological polar surface area (TPSA) is 37.3 Å². The minimum Gasteiger partial charge on any atom is -0.478 e. The van der Waals surface area contributed by atoms with Gasteiger partial charge in [0.25, 0.3) is 0 Å². The summed E-state index contributed by atoms with van der Waals surface area (Å²) < 4.78 is 0. The Morgan fingerprint density at radius 3 is 2.21 bits per heavy atom. The maximum Gasteiger partial charge on any atom is 0.331 e. The molecule has 0 bridgehead atoms. The van der Waals surface area contributed by atoms with E-state index in [-0.39, 0.29) is 0 Å². The van der Waals surface area contributed by atoms with Gasteiger partial charge in [-0.05, 0) is 32.6 Å². The lowest BCUT2D eigenvalue weighted by Gasteiger charge is -2.16. The molecule has 1 N–H and O–H groups in total. The Labute approximate surface area is 87.0 Å². The van der Waals surface area contributed by atoms with Gasteiger partial charge in [0.2, 0.25) is 0 Å². The summed E-state index contributed by atoms with van der Waals surface area (Å²) >= 11 is 0. The second-order valence-electron chi connectivity index (χ2n) is 3.86. The first-order chi connectivity index (χ1) is 6.54. The van der Waals surface area contributed by atoms with Gasteiger partial charge in [-0.15, -0.1) is 0 Å². The molecule has 0 aromatic rings. The lowest BCUT2D eigenvalue weighted by molar-refractivity contribution is -0.132. The van der Waals surface area contributed by atoms with E-state index in [0.29, 0.717) is 11.5 Å². The van der Waals surface area contributed by atoms with Crippen molar-refractivity contribution in [1.82, 2.24) is 0 Å².